The number of benzene rings is 1. The van der Waals surface area contributed by atoms with Gasteiger partial charge in [0.05, 0.1) is 11.9 Å². The first-order valence-electron chi connectivity index (χ1n) is 8.76. The topological polar surface area (TPSA) is 53.4 Å². The highest BCUT2D eigenvalue weighted by Gasteiger charge is 2.47. The van der Waals surface area contributed by atoms with Gasteiger partial charge in [-0.25, -0.2) is 0 Å². The fraction of sp³-hybridized carbons (Fsp3) is 0.400. The third-order valence-electron chi connectivity index (χ3n) is 5.63. The van der Waals surface area contributed by atoms with E-state index in [1.54, 1.807) is 24.2 Å². The first kappa shape index (κ1) is 16.6. The molecule has 1 aromatic carbocycles. The van der Waals surface area contributed by atoms with Crippen LogP contribution in [0.25, 0.3) is 0 Å². The lowest BCUT2D eigenvalue weighted by Gasteiger charge is -2.42. The first-order chi connectivity index (χ1) is 12.2. The average Bonchev–Trinajstić information content (AvgIpc) is 2.93. The van der Waals surface area contributed by atoms with E-state index in [4.69, 9.17) is 0 Å². The highest BCUT2D eigenvalue weighted by Crippen LogP contribution is 2.46. The highest BCUT2D eigenvalue weighted by molar-refractivity contribution is 8.00. The van der Waals surface area contributed by atoms with Crippen LogP contribution in [0.15, 0.2) is 53.7 Å². The zero-order valence-corrected chi connectivity index (χ0v) is 14.9. The number of amides is 1. The second-order valence-electron chi connectivity index (χ2n) is 6.89. The van der Waals surface area contributed by atoms with Crippen LogP contribution >= 0.6 is 11.8 Å². The number of aromatic nitrogens is 1. The van der Waals surface area contributed by atoms with Crippen molar-refractivity contribution in [2.24, 2.45) is 0 Å². The predicted octanol–water partition coefficient (Wildman–Crippen LogP) is 2.65. The van der Waals surface area contributed by atoms with Gasteiger partial charge in [0.2, 0.25) is 5.91 Å². The SMILES string of the molecule is O=C(CSc1ccncc1)N1CCC2(CC1)c1ccccc1C[C@@H]2O. The van der Waals surface area contributed by atoms with Gasteiger partial charge in [0, 0.05) is 35.8 Å². The van der Waals surface area contributed by atoms with Crippen LogP contribution in [-0.4, -0.2) is 45.8 Å². The summed E-state index contributed by atoms with van der Waals surface area (Å²) in [6.45, 7) is 1.45. The Morgan fingerprint density at radius 1 is 1.20 bits per heavy atom. The van der Waals surface area contributed by atoms with Crippen LogP contribution in [0.3, 0.4) is 0 Å². The lowest BCUT2D eigenvalue weighted by atomic mass is 9.72. The van der Waals surface area contributed by atoms with E-state index in [1.165, 1.54) is 11.1 Å². The Hall–Kier alpha value is -1.85. The van der Waals surface area contributed by atoms with E-state index in [2.05, 4.69) is 23.2 Å². The minimum Gasteiger partial charge on any atom is -0.392 e. The monoisotopic (exact) mass is 354 g/mol. The number of thioether (sulfide) groups is 1. The molecule has 0 radical (unpaired) electrons. The summed E-state index contributed by atoms with van der Waals surface area (Å²) in [7, 11) is 0. The molecule has 1 aromatic heterocycles. The van der Waals surface area contributed by atoms with Crippen molar-refractivity contribution in [1.29, 1.82) is 0 Å². The number of pyridine rings is 1. The van der Waals surface area contributed by atoms with Gasteiger partial charge in [-0.15, -0.1) is 11.8 Å². The summed E-state index contributed by atoms with van der Waals surface area (Å²) in [6, 6.07) is 12.2. The van der Waals surface area contributed by atoms with Crippen LogP contribution in [0.1, 0.15) is 24.0 Å². The smallest absolute Gasteiger partial charge is 0.232 e. The van der Waals surface area contributed by atoms with Gasteiger partial charge in [-0.05, 0) is 42.5 Å². The maximum Gasteiger partial charge on any atom is 0.232 e. The number of piperidine rings is 1. The summed E-state index contributed by atoms with van der Waals surface area (Å²) in [5.41, 5.74) is 2.40. The molecule has 2 aromatic rings. The van der Waals surface area contributed by atoms with Gasteiger partial charge in [0.1, 0.15) is 0 Å². The Bertz CT molecular complexity index is 757. The number of rotatable bonds is 3. The third-order valence-corrected chi connectivity index (χ3v) is 6.62. The number of aliphatic hydroxyl groups excluding tert-OH is 1. The van der Waals surface area contributed by atoms with Crippen molar-refractivity contribution >= 4 is 17.7 Å². The van der Waals surface area contributed by atoms with E-state index in [9.17, 15) is 9.90 Å². The number of carbonyl (C=O) groups excluding carboxylic acids is 1. The number of fused-ring (bicyclic) bond motifs is 2. The molecule has 4 nitrogen and oxygen atoms in total. The number of nitrogens with zero attached hydrogens (tertiary/aromatic N) is 2. The van der Waals surface area contributed by atoms with E-state index in [1.807, 2.05) is 23.1 Å². The summed E-state index contributed by atoms with van der Waals surface area (Å²) in [5.74, 6) is 0.633. The molecular formula is C20H22N2O2S. The van der Waals surface area contributed by atoms with Gasteiger partial charge in [-0.2, -0.15) is 0 Å². The molecular weight excluding hydrogens is 332 g/mol. The number of aliphatic hydroxyl groups is 1. The molecule has 1 aliphatic carbocycles. The standard InChI is InChI=1S/C20H22N2O2S/c23-18-13-15-3-1-2-4-17(15)20(18)7-11-22(12-8-20)19(24)14-25-16-5-9-21-10-6-16/h1-6,9-10,18,23H,7-8,11-14H2/t18-/m0/s1. The van der Waals surface area contributed by atoms with Crippen molar-refractivity contribution < 1.29 is 9.90 Å². The zero-order chi connectivity index (χ0) is 17.3. The van der Waals surface area contributed by atoms with E-state index >= 15 is 0 Å². The van der Waals surface area contributed by atoms with Gasteiger partial charge >= 0.3 is 0 Å². The lowest BCUT2D eigenvalue weighted by Crippen LogP contribution is -2.49. The van der Waals surface area contributed by atoms with Crippen molar-refractivity contribution in [1.82, 2.24) is 9.88 Å². The fourth-order valence-corrected chi connectivity index (χ4v) is 4.98. The molecule has 25 heavy (non-hydrogen) atoms. The molecule has 1 amide bonds. The Morgan fingerprint density at radius 3 is 2.68 bits per heavy atom. The molecule has 0 bridgehead atoms. The average molecular weight is 354 g/mol. The Morgan fingerprint density at radius 2 is 1.92 bits per heavy atom. The normalized spacial score (nSPS) is 21.3. The minimum atomic E-state index is -0.326. The van der Waals surface area contributed by atoms with Gasteiger partial charge in [-0.3, -0.25) is 9.78 Å². The van der Waals surface area contributed by atoms with Gasteiger partial charge in [-0.1, -0.05) is 24.3 Å². The van der Waals surface area contributed by atoms with E-state index < -0.39 is 0 Å². The molecule has 1 aliphatic heterocycles. The van der Waals surface area contributed by atoms with E-state index in [0.29, 0.717) is 5.75 Å². The number of hydrogen-bond donors (Lipinski definition) is 1. The summed E-state index contributed by atoms with van der Waals surface area (Å²) >= 11 is 1.55. The minimum absolute atomic E-state index is 0.161. The van der Waals surface area contributed by atoms with Crippen molar-refractivity contribution in [2.75, 3.05) is 18.8 Å². The number of hydrogen-bond acceptors (Lipinski definition) is 4. The molecule has 5 heteroatoms. The summed E-state index contributed by atoms with van der Waals surface area (Å²) in [6.07, 6.45) is 5.59. The maximum atomic E-state index is 12.5. The first-order valence-corrected chi connectivity index (χ1v) is 9.75. The molecule has 1 atom stereocenters. The Kier molecular flexibility index (Phi) is 4.52. The van der Waals surface area contributed by atoms with Gasteiger partial charge in [0.15, 0.2) is 0 Å². The van der Waals surface area contributed by atoms with Crippen LogP contribution in [0.2, 0.25) is 0 Å². The third kappa shape index (κ3) is 3.07. The lowest BCUT2D eigenvalue weighted by molar-refractivity contribution is -0.130. The van der Waals surface area contributed by atoms with Crippen molar-refractivity contribution in [3.8, 4) is 0 Å². The summed E-state index contributed by atoms with van der Waals surface area (Å²) in [5, 5.41) is 10.7. The predicted molar refractivity (Wildman–Crippen MR) is 98.6 cm³/mol. The van der Waals surface area contributed by atoms with Crippen molar-refractivity contribution in [3.05, 3.63) is 59.9 Å². The Balaban J connectivity index is 1.39. The van der Waals surface area contributed by atoms with E-state index in [-0.39, 0.29) is 17.4 Å². The highest BCUT2D eigenvalue weighted by atomic mass is 32.2. The number of likely N-dealkylation sites (tertiary alicyclic amines) is 1. The van der Waals surface area contributed by atoms with Gasteiger partial charge in [0.25, 0.3) is 0 Å². The molecule has 4 rings (SSSR count). The molecule has 1 saturated heterocycles. The van der Waals surface area contributed by atoms with Crippen LogP contribution in [0.5, 0.6) is 0 Å². The maximum absolute atomic E-state index is 12.5. The van der Waals surface area contributed by atoms with E-state index in [0.717, 1.165) is 37.2 Å². The molecule has 1 spiro atoms. The summed E-state index contributed by atoms with van der Waals surface area (Å²) in [4.78, 5) is 19.5. The van der Waals surface area contributed by atoms with Crippen molar-refractivity contribution in [3.63, 3.8) is 0 Å². The Labute approximate surface area is 152 Å². The van der Waals surface area contributed by atoms with Crippen LogP contribution in [0.4, 0.5) is 0 Å². The van der Waals surface area contributed by atoms with Crippen molar-refractivity contribution in [2.45, 2.75) is 35.7 Å². The van der Waals surface area contributed by atoms with Crippen LogP contribution < -0.4 is 0 Å². The molecule has 1 fully saturated rings. The molecule has 0 unspecified atom stereocenters. The fourth-order valence-electron chi connectivity index (χ4n) is 4.20. The quantitative estimate of drug-likeness (QED) is 0.861. The number of carbonyl (C=O) groups is 1. The van der Waals surface area contributed by atoms with Gasteiger partial charge < -0.3 is 10.0 Å². The zero-order valence-electron chi connectivity index (χ0n) is 14.1. The molecule has 2 heterocycles. The second-order valence-corrected chi connectivity index (χ2v) is 7.93. The van der Waals surface area contributed by atoms with Crippen LogP contribution in [0, 0.1) is 0 Å². The molecule has 1 N–H and O–H groups in total. The molecule has 2 aliphatic rings. The molecule has 0 saturated carbocycles. The van der Waals surface area contributed by atoms with Crippen LogP contribution in [-0.2, 0) is 16.6 Å². The second kappa shape index (κ2) is 6.81. The summed E-state index contributed by atoms with van der Waals surface area (Å²) < 4.78 is 0. The largest absolute Gasteiger partial charge is 0.392 e. The molecule has 130 valence electrons.